The third-order valence-corrected chi connectivity index (χ3v) is 3.72. The van der Waals surface area contributed by atoms with Crippen molar-refractivity contribution in [3.05, 3.63) is 23.9 Å². The number of ether oxygens (including phenoxy) is 1. The molecule has 0 aromatic carbocycles. The third kappa shape index (κ3) is 2.65. The number of aliphatic hydroxyl groups excluding tert-OH is 1. The SMILES string of the molecule is COC1(C)CCCN(c2ncccc2[C@@H](C)O)C1. The van der Waals surface area contributed by atoms with Crippen molar-refractivity contribution in [1.82, 2.24) is 4.98 Å². The Kier molecular flexibility index (Phi) is 3.88. The molecule has 2 heterocycles. The van der Waals surface area contributed by atoms with Crippen molar-refractivity contribution in [2.45, 2.75) is 38.4 Å². The second kappa shape index (κ2) is 5.24. The number of hydrogen-bond donors (Lipinski definition) is 1. The Balaban J connectivity index is 2.26. The van der Waals surface area contributed by atoms with E-state index in [9.17, 15) is 5.11 Å². The number of aromatic nitrogens is 1. The van der Waals surface area contributed by atoms with Gasteiger partial charge in [0.2, 0.25) is 0 Å². The van der Waals surface area contributed by atoms with Crippen molar-refractivity contribution >= 4 is 5.82 Å². The van der Waals surface area contributed by atoms with Gasteiger partial charge in [0, 0.05) is 32.0 Å². The van der Waals surface area contributed by atoms with E-state index in [2.05, 4.69) is 16.8 Å². The van der Waals surface area contributed by atoms with E-state index in [1.165, 1.54) is 0 Å². The Morgan fingerprint density at radius 3 is 3.00 bits per heavy atom. The lowest BCUT2D eigenvalue weighted by Crippen LogP contribution is -2.48. The van der Waals surface area contributed by atoms with Crippen LogP contribution in [0.2, 0.25) is 0 Å². The standard InChI is InChI=1S/C14H22N2O2/c1-11(17)12-6-4-8-15-13(12)16-9-5-7-14(2,10-16)18-3/h4,6,8,11,17H,5,7,9-10H2,1-3H3/t11-,14?/m1/s1. The van der Waals surface area contributed by atoms with E-state index < -0.39 is 6.10 Å². The average Bonchev–Trinajstić information content (AvgIpc) is 2.39. The van der Waals surface area contributed by atoms with Crippen molar-refractivity contribution < 1.29 is 9.84 Å². The minimum atomic E-state index is -0.496. The zero-order valence-corrected chi connectivity index (χ0v) is 11.4. The lowest BCUT2D eigenvalue weighted by atomic mass is 9.94. The van der Waals surface area contributed by atoms with Crippen LogP contribution in [0.5, 0.6) is 0 Å². The van der Waals surface area contributed by atoms with Crippen LogP contribution < -0.4 is 4.90 Å². The highest BCUT2D eigenvalue weighted by molar-refractivity contribution is 5.48. The fraction of sp³-hybridized carbons (Fsp3) is 0.643. The Labute approximate surface area is 109 Å². The molecule has 0 bridgehead atoms. The quantitative estimate of drug-likeness (QED) is 0.892. The maximum atomic E-state index is 9.82. The van der Waals surface area contributed by atoms with Crippen molar-refractivity contribution in [3.63, 3.8) is 0 Å². The summed E-state index contributed by atoms with van der Waals surface area (Å²) in [5.41, 5.74) is 0.768. The fourth-order valence-corrected chi connectivity index (χ4v) is 2.55. The number of nitrogens with zero attached hydrogens (tertiary/aromatic N) is 2. The van der Waals surface area contributed by atoms with Gasteiger partial charge in [-0.05, 0) is 32.8 Å². The minimum Gasteiger partial charge on any atom is -0.389 e. The average molecular weight is 250 g/mol. The summed E-state index contributed by atoms with van der Waals surface area (Å²) in [6, 6.07) is 3.80. The van der Waals surface area contributed by atoms with Gasteiger partial charge in [0.1, 0.15) is 5.82 Å². The fourth-order valence-electron chi connectivity index (χ4n) is 2.55. The van der Waals surface area contributed by atoms with Gasteiger partial charge in [-0.3, -0.25) is 0 Å². The van der Waals surface area contributed by atoms with Crippen molar-refractivity contribution in [2.24, 2.45) is 0 Å². The summed E-state index contributed by atoms with van der Waals surface area (Å²) in [4.78, 5) is 6.65. The topological polar surface area (TPSA) is 45.6 Å². The Hall–Kier alpha value is -1.13. The van der Waals surface area contributed by atoms with Gasteiger partial charge in [-0.1, -0.05) is 6.07 Å². The van der Waals surface area contributed by atoms with E-state index in [0.717, 1.165) is 37.3 Å². The number of hydrogen-bond acceptors (Lipinski definition) is 4. The number of pyridine rings is 1. The molecule has 0 amide bonds. The summed E-state index contributed by atoms with van der Waals surface area (Å²) in [7, 11) is 1.76. The molecular weight excluding hydrogens is 228 g/mol. The van der Waals surface area contributed by atoms with E-state index in [-0.39, 0.29) is 5.60 Å². The van der Waals surface area contributed by atoms with Crippen molar-refractivity contribution in [1.29, 1.82) is 0 Å². The lowest BCUT2D eigenvalue weighted by molar-refractivity contribution is -0.00493. The monoisotopic (exact) mass is 250 g/mol. The molecular formula is C14H22N2O2. The molecule has 1 unspecified atom stereocenters. The van der Waals surface area contributed by atoms with Crippen LogP contribution in [-0.4, -0.2) is 35.9 Å². The highest BCUT2D eigenvalue weighted by atomic mass is 16.5. The Morgan fingerprint density at radius 2 is 2.33 bits per heavy atom. The van der Waals surface area contributed by atoms with Crippen molar-refractivity contribution in [3.8, 4) is 0 Å². The molecule has 1 aromatic rings. The number of piperidine rings is 1. The molecule has 0 radical (unpaired) electrons. The molecule has 1 aromatic heterocycles. The van der Waals surface area contributed by atoms with Crippen LogP contribution >= 0.6 is 0 Å². The van der Waals surface area contributed by atoms with E-state index in [4.69, 9.17) is 4.74 Å². The van der Waals surface area contributed by atoms with E-state index in [1.54, 1.807) is 20.2 Å². The molecule has 18 heavy (non-hydrogen) atoms. The zero-order chi connectivity index (χ0) is 13.2. The second-order valence-corrected chi connectivity index (χ2v) is 5.27. The summed E-state index contributed by atoms with van der Waals surface area (Å²) in [6.07, 6.45) is 3.43. The van der Waals surface area contributed by atoms with Gasteiger partial charge in [-0.2, -0.15) is 0 Å². The molecule has 0 spiro atoms. The first-order chi connectivity index (χ1) is 8.56. The molecule has 1 saturated heterocycles. The van der Waals surface area contributed by atoms with E-state index in [1.807, 2.05) is 12.1 Å². The maximum absolute atomic E-state index is 9.82. The van der Waals surface area contributed by atoms with Crippen LogP contribution in [0.4, 0.5) is 5.82 Å². The van der Waals surface area contributed by atoms with E-state index in [0.29, 0.717) is 0 Å². The molecule has 2 atom stereocenters. The predicted octanol–water partition coefficient (Wildman–Crippen LogP) is 2.14. The van der Waals surface area contributed by atoms with Gasteiger partial charge >= 0.3 is 0 Å². The molecule has 1 aliphatic rings. The minimum absolute atomic E-state index is 0.119. The second-order valence-electron chi connectivity index (χ2n) is 5.27. The molecule has 4 nitrogen and oxygen atoms in total. The van der Waals surface area contributed by atoms with E-state index >= 15 is 0 Å². The van der Waals surface area contributed by atoms with Gasteiger partial charge < -0.3 is 14.7 Å². The first kappa shape index (κ1) is 13.3. The third-order valence-electron chi connectivity index (χ3n) is 3.72. The summed E-state index contributed by atoms with van der Waals surface area (Å²) < 4.78 is 5.60. The highest BCUT2D eigenvalue weighted by Gasteiger charge is 2.32. The predicted molar refractivity (Wildman–Crippen MR) is 71.7 cm³/mol. The van der Waals surface area contributed by atoms with Gasteiger partial charge in [-0.15, -0.1) is 0 Å². The smallest absolute Gasteiger partial charge is 0.134 e. The van der Waals surface area contributed by atoms with Crippen LogP contribution in [0.15, 0.2) is 18.3 Å². The molecule has 2 rings (SSSR count). The zero-order valence-electron chi connectivity index (χ0n) is 11.4. The summed E-state index contributed by atoms with van der Waals surface area (Å²) in [5, 5.41) is 9.82. The number of aliphatic hydroxyl groups is 1. The highest BCUT2D eigenvalue weighted by Crippen LogP contribution is 2.30. The largest absolute Gasteiger partial charge is 0.389 e. The Bertz CT molecular complexity index is 409. The van der Waals surface area contributed by atoms with Crippen LogP contribution in [0.3, 0.4) is 0 Å². The summed E-state index contributed by atoms with van der Waals surface area (Å²) in [5.74, 6) is 0.885. The summed E-state index contributed by atoms with van der Waals surface area (Å²) in [6.45, 7) is 5.69. The molecule has 0 saturated carbocycles. The maximum Gasteiger partial charge on any atom is 0.134 e. The first-order valence-electron chi connectivity index (χ1n) is 6.49. The van der Waals surface area contributed by atoms with Crippen LogP contribution in [0.1, 0.15) is 38.4 Å². The Morgan fingerprint density at radius 1 is 1.56 bits per heavy atom. The van der Waals surface area contributed by atoms with Crippen molar-refractivity contribution in [2.75, 3.05) is 25.1 Å². The van der Waals surface area contributed by atoms with Gasteiger partial charge in [0.15, 0.2) is 0 Å². The normalized spacial score (nSPS) is 26.1. The van der Waals surface area contributed by atoms with Crippen LogP contribution in [-0.2, 0) is 4.74 Å². The number of anilines is 1. The molecule has 4 heteroatoms. The van der Waals surface area contributed by atoms with Gasteiger partial charge in [-0.25, -0.2) is 4.98 Å². The van der Waals surface area contributed by atoms with Crippen LogP contribution in [0.25, 0.3) is 0 Å². The first-order valence-corrected chi connectivity index (χ1v) is 6.49. The van der Waals surface area contributed by atoms with Gasteiger partial charge in [0.05, 0.1) is 11.7 Å². The lowest BCUT2D eigenvalue weighted by Gasteiger charge is -2.40. The molecule has 1 N–H and O–H groups in total. The molecule has 100 valence electrons. The number of rotatable bonds is 3. The number of methoxy groups -OCH3 is 1. The molecule has 1 fully saturated rings. The molecule has 1 aliphatic heterocycles. The van der Waals surface area contributed by atoms with Crippen LogP contribution in [0, 0.1) is 0 Å². The van der Waals surface area contributed by atoms with Gasteiger partial charge in [0.25, 0.3) is 0 Å². The summed E-state index contributed by atoms with van der Waals surface area (Å²) >= 11 is 0. The molecule has 0 aliphatic carbocycles.